The second kappa shape index (κ2) is 3.57. The van der Waals surface area contributed by atoms with Crippen molar-refractivity contribution in [2.75, 3.05) is 6.61 Å². The van der Waals surface area contributed by atoms with Gasteiger partial charge in [0.15, 0.2) is 11.5 Å². The first-order valence-electron chi connectivity index (χ1n) is 4.49. The molecule has 0 saturated heterocycles. The summed E-state index contributed by atoms with van der Waals surface area (Å²) in [5.74, 6) is 1.06. The Kier molecular flexibility index (Phi) is 2.26. The number of hydrogen-bond donors (Lipinski definition) is 1. The fraction of sp³-hybridized carbons (Fsp3) is 0.300. The van der Waals surface area contributed by atoms with Gasteiger partial charge in [0.1, 0.15) is 0 Å². The fourth-order valence-corrected chi connectivity index (χ4v) is 1.55. The molecule has 1 amide bonds. The zero-order valence-electron chi connectivity index (χ0n) is 7.66. The average Bonchev–Trinajstić information content (AvgIpc) is 2.18. The van der Waals surface area contributed by atoms with E-state index < -0.39 is 6.09 Å². The second-order valence-corrected chi connectivity index (χ2v) is 3.12. The van der Waals surface area contributed by atoms with Gasteiger partial charge in [-0.3, -0.25) is 0 Å². The van der Waals surface area contributed by atoms with Crippen molar-refractivity contribution in [3.63, 3.8) is 0 Å². The van der Waals surface area contributed by atoms with Gasteiger partial charge in [0, 0.05) is 0 Å². The fourth-order valence-electron chi connectivity index (χ4n) is 1.55. The van der Waals surface area contributed by atoms with Crippen LogP contribution in [0.3, 0.4) is 0 Å². The largest absolute Gasteiger partial charge is 0.489 e. The highest BCUT2D eigenvalue weighted by atomic mass is 16.6. The number of aryl methyl sites for hydroxylation is 1. The number of benzene rings is 1. The van der Waals surface area contributed by atoms with Crippen molar-refractivity contribution >= 4 is 6.09 Å². The molecule has 1 aliphatic rings. The maximum atomic E-state index is 10.6. The molecule has 4 heteroatoms. The van der Waals surface area contributed by atoms with Crippen LogP contribution in [0.25, 0.3) is 0 Å². The highest BCUT2D eigenvalue weighted by molar-refractivity contribution is 5.69. The molecule has 0 aliphatic carbocycles. The minimum atomic E-state index is -0.812. The molecule has 0 atom stereocenters. The number of fused-ring (bicyclic) bond motifs is 1. The van der Waals surface area contributed by atoms with E-state index in [1.54, 1.807) is 6.07 Å². The van der Waals surface area contributed by atoms with Crippen molar-refractivity contribution in [2.45, 2.75) is 12.8 Å². The third kappa shape index (κ3) is 1.64. The van der Waals surface area contributed by atoms with Crippen LogP contribution in [0.1, 0.15) is 12.0 Å². The molecule has 74 valence electrons. The zero-order valence-corrected chi connectivity index (χ0v) is 7.66. The molecule has 0 radical (unpaired) electrons. The van der Waals surface area contributed by atoms with Gasteiger partial charge in [0.25, 0.3) is 0 Å². The van der Waals surface area contributed by atoms with Gasteiger partial charge in [-0.2, -0.15) is 0 Å². The molecule has 2 N–H and O–H groups in total. The Hall–Kier alpha value is -1.71. The summed E-state index contributed by atoms with van der Waals surface area (Å²) < 4.78 is 10.2. The maximum Gasteiger partial charge on any atom is 0.410 e. The molecule has 0 bridgehead atoms. The van der Waals surface area contributed by atoms with E-state index >= 15 is 0 Å². The SMILES string of the molecule is NC(=O)Oc1cccc2c1OCCC2. The Labute approximate surface area is 81.6 Å². The first kappa shape index (κ1) is 8.87. The van der Waals surface area contributed by atoms with Crippen molar-refractivity contribution in [3.05, 3.63) is 23.8 Å². The van der Waals surface area contributed by atoms with Gasteiger partial charge < -0.3 is 15.2 Å². The minimum absolute atomic E-state index is 0.412. The van der Waals surface area contributed by atoms with Crippen LogP contribution in [-0.2, 0) is 6.42 Å². The lowest BCUT2D eigenvalue weighted by Gasteiger charge is -2.18. The summed E-state index contributed by atoms with van der Waals surface area (Å²) in [5.41, 5.74) is 6.01. The molecule has 4 nitrogen and oxygen atoms in total. The summed E-state index contributed by atoms with van der Waals surface area (Å²) in [6.07, 6.45) is 1.13. The molecular weight excluding hydrogens is 182 g/mol. The van der Waals surface area contributed by atoms with E-state index in [0.29, 0.717) is 18.1 Å². The number of amides is 1. The Bertz CT molecular complexity index is 362. The van der Waals surface area contributed by atoms with Gasteiger partial charge in [0.05, 0.1) is 6.61 Å². The van der Waals surface area contributed by atoms with E-state index in [9.17, 15) is 4.79 Å². The lowest BCUT2D eigenvalue weighted by atomic mass is 10.1. The van der Waals surface area contributed by atoms with Crippen LogP contribution in [0.4, 0.5) is 4.79 Å². The van der Waals surface area contributed by atoms with Crippen LogP contribution in [0, 0.1) is 0 Å². The topological polar surface area (TPSA) is 61.6 Å². The van der Waals surface area contributed by atoms with Crippen LogP contribution >= 0.6 is 0 Å². The quantitative estimate of drug-likeness (QED) is 0.734. The molecule has 1 aromatic rings. The predicted octanol–water partition coefficient (Wildman–Crippen LogP) is 1.47. The summed E-state index contributed by atoms with van der Waals surface area (Å²) >= 11 is 0. The molecule has 0 saturated carbocycles. The molecule has 0 spiro atoms. The normalized spacial score (nSPS) is 14.0. The van der Waals surface area contributed by atoms with Crippen LogP contribution in [0.2, 0.25) is 0 Å². The van der Waals surface area contributed by atoms with E-state index in [-0.39, 0.29) is 0 Å². The lowest BCUT2D eigenvalue weighted by molar-refractivity contribution is 0.205. The Morgan fingerprint density at radius 1 is 1.50 bits per heavy atom. The number of carbonyl (C=O) groups is 1. The van der Waals surface area contributed by atoms with Crippen molar-refractivity contribution in [2.24, 2.45) is 5.73 Å². The molecule has 1 aromatic carbocycles. The van der Waals surface area contributed by atoms with Gasteiger partial charge in [-0.25, -0.2) is 4.79 Å². The third-order valence-corrected chi connectivity index (χ3v) is 2.11. The van der Waals surface area contributed by atoms with Crippen LogP contribution < -0.4 is 15.2 Å². The molecule has 2 rings (SSSR count). The van der Waals surface area contributed by atoms with Crippen molar-refractivity contribution in [1.82, 2.24) is 0 Å². The first-order chi connectivity index (χ1) is 6.77. The number of rotatable bonds is 1. The highest BCUT2D eigenvalue weighted by Gasteiger charge is 2.16. The monoisotopic (exact) mass is 193 g/mol. The number of hydrogen-bond acceptors (Lipinski definition) is 3. The van der Waals surface area contributed by atoms with Crippen molar-refractivity contribution < 1.29 is 14.3 Å². The van der Waals surface area contributed by atoms with Gasteiger partial charge in [-0.1, -0.05) is 12.1 Å². The Balaban J connectivity index is 2.35. The average molecular weight is 193 g/mol. The summed E-state index contributed by atoms with van der Waals surface area (Å²) in [6, 6.07) is 5.46. The van der Waals surface area contributed by atoms with E-state index in [4.69, 9.17) is 15.2 Å². The van der Waals surface area contributed by atoms with Crippen LogP contribution in [0.15, 0.2) is 18.2 Å². The molecule has 0 fully saturated rings. The number of nitrogens with two attached hydrogens (primary N) is 1. The number of ether oxygens (including phenoxy) is 2. The molecule has 1 aliphatic heterocycles. The summed E-state index contributed by atoms with van der Waals surface area (Å²) in [7, 11) is 0. The third-order valence-electron chi connectivity index (χ3n) is 2.11. The van der Waals surface area contributed by atoms with Crippen LogP contribution in [-0.4, -0.2) is 12.7 Å². The molecule has 1 heterocycles. The molecule has 0 unspecified atom stereocenters. The second-order valence-electron chi connectivity index (χ2n) is 3.12. The standard InChI is InChI=1S/C10H11NO3/c11-10(12)14-8-5-1-3-7-4-2-6-13-9(7)8/h1,3,5H,2,4,6H2,(H2,11,12). The lowest BCUT2D eigenvalue weighted by Crippen LogP contribution is -2.18. The number of carbonyl (C=O) groups excluding carboxylic acids is 1. The highest BCUT2D eigenvalue weighted by Crippen LogP contribution is 2.34. The maximum absolute atomic E-state index is 10.6. The minimum Gasteiger partial charge on any atom is -0.489 e. The van der Waals surface area contributed by atoms with Crippen molar-refractivity contribution in [1.29, 1.82) is 0 Å². The smallest absolute Gasteiger partial charge is 0.410 e. The van der Waals surface area contributed by atoms with E-state index in [0.717, 1.165) is 18.4 Å². The van der Waals surface area contributed by atoms with Gasteiger partial charge in [-0.05, 0) is 24.5 Å². The molecular formula is C10H11NO3. The van der Waals surface area contributed by atoms with E-state index in [2.05, 4.69) is 0 Å². The summed E-state index contributed by atoms with van der Waals surface area (Å²) in [6.45, 7) is 0.659. The van der Waals surface area contributed by atoms with E-state index in [1.807, 2.05) is 12.1 Å². The number of primary amides is 1. The summed E-state index contributed by atoms with van der Waals surface area (Å²) in [4.78, 5) is 10.6. The van der Waals surface area contributed by atoms with E-state index in [1.165, 1.54) is 0 Å². The Morgan fingerprint density at radius 2 is 2.36 bits per heavy atom. The summed E-state index contributed by atoms with van der Waals surface area (Å²) in [5, 5.41) is 0. The van der Waals surface area contributed by atoms with Gasteiger partial charge in [0.2, 0.25) is 0 Å². The molecule has 0 aromatic heterocycles. The zero-order chi connectivity index (χ0) is 9.97. The first-order valence-corrected chi connectivity index (χ1v) is 4.49. The Morgan fingerprint density at radius 3 is 3.14 bits per heavy atom. The molecule has 14 heavy (non-hydrogen) atoms. The predicted molar refractivity (Wildman–Crippen MR) is 50.5 cm³/mol. The number of para-hydroxylation sites is 1. The van der Waals surface area contributed by atoms with Crippen molar-refractivity contribution in [3.8, 4) is 11.5 Å². The van der Waals surface area contributed by atoms with Gasteiger partial charge in [-0.15, -0.1) is 0 Å². The van der Waals surface area contributed by atoms with Crippen LogP contribution in [0.5, 0.6) is 11.5 Å². The van der Waals surface area contributed by atoms with Gasteiger partial charge >= 0.3 is 6.09 Å².